The Kier molecular flexibility index (Phi) is 2.66. The van der Waals surface area contributed by atoms with Crippen LogP contribution in [0.15, 0.2) is 48.7 Å². The number of hydrogen-bond donors (Lipinski definition) is 0. The number of benzene rings is 2. The van der Waals surface area contributed by atoms with Gasteiger partial charge in [0.05, 0.1) is 11.7 Å². The number of hydrogen-bond acceptors (Lipinski definition) is 2. The molecule has 0 spiro atoms. The number of aromatic nitrogens is 2. The first kappa shape index (κ1) is 14.0. The predicted molar refractivity (Wildman–Crippen MR) is 94.2 cm³/mol. The minimum absolute atomic E-state index is 0.389. The molecule has 6 rings (SSSR count). The van der Waals surface area contributed by atoms with E-state index < -0.39 is 0 Å². The Morgan fingerprint density at radius 1 is 1.12 bits per heavy atom. The zero-order chi connectivity index (χ0) is 16.4. The van der Waals surface area contributed by atoms with Crippen LogP contribution in [0.1, 0.15) is 40.7 Å². The first-order valence-corrected chi connectivity index (χ1v) is 8.58. The normalized spacial score (nSPS) is 27.5. The van der Waals surface area contributed by atoms with E-state index in [0.717, 1.165) is 11.8 Å². The van der Waals surface area contributed by atoms with Gasteiger partial charge in [0, 0.05) is 18.0 Å². The second-order valence-electron chi connectivity index (χ2n) is 7.89. The van der Waals surface area contributed by atoms with Crippen LogP contribution in [0, 0.1) is 5.41 Å². The minimum Gasteiger partial charge on any atom is -0.298 e. The average Bonchev–Trinajstić information content (AvgIpc) is 2.90. The van der Waals surface area contributed by atoms with Crippen molar-refractivity contribution in [2.24, 2.45) is 12.5 Å². The van der Waals surface area contributed by atoms with Crippen molar-refractivity contribution in [3.05, 3.63) is 65.4 Å². The van der Waals surface area contributed by atoms with Gasteiger partial charge in [-0.1, -0.05) is 30.3 Å². The molecule has 3 heteroatoms. The second kappa shape index (κ2) is 4.56. The van der Waals surface area contributed by atoms with Crippen LogP contribution in [-0.4, -0.2) is 16.1 Å². The Morgan fingerprint density at radius 3 is 2.58 bits per heavy atom. The fraction of sp³-hybridized carbons (Fsp3) is 0.333. The van der Waals surface area contributed by atoms with Crippen molar-refractivity contribution in [2.75, 3.05) is 0 Å². The fourth-order valence-electron chi connectivity index (χ4n) is 5.16. The van der Waals surface area contributed by atoms with E-state index in [9.17, 15) is 4.79 Å². The van der Waals surface area contributed by atoms with Crippen molar-refractivity contribution < 1.29 is 4.79 Å². The summed E-state index contributed by atoms with van der Waals surface area (Å²) in [5, 5.41) is 5.57. The molecule has 1 aromatic heterocycles. The van der Waals surface area contributed by atoms with E-state index >= 15 is 0 Å². The van der Waals surface area contributed by atoms with Gasteiger partial charge in [-0.3, -0.25) is 9.48 Å². The van der Waals surface area contributed by atoms with Gasteiger partial charge < -0.3 is 0 Å². The second-order valence-corrected chi connectivity index (χ2v) is 7.89. The zero-order valence-electron chi connectivity index (χ0n) is 13.8. The van der Waals surface area contributed by atoms with E-state index in [2.05, 4.69) is 35.4 Å². The quantitative estimate of drug-likeness (QED) is 0.681. The molecule has 3 saturated carbocycles. The topological polar surface area (TPSA) is 34.9 Å². The molecule has 0 aliphatic heterocycles. The summed E-state index contributed by atoms with van der Waals surface area (Å²) in [6, 6.07) is 14.9. The lowest BCUT2D eigenvalue weighted by atomic mass is 9.32. The molecule has 3 fully saturated rings. The van der Waals surface area contributed by atoms with Crippen molar-refractivity contribution in [1.82, 2.24) is 9.78 Å². The van der Waals surface area contributed by atoms with Crippen LogP contribution in [0.25, 0.3) is 10.9 Å². The van der Waals surface area contributed by atoms with Gasteiger partial charge in [-0.25, -0.2) is 0 Å². The fourth-order valence-corrected chi connectivity index (χ4v) is 5.16. The van der Waals surface area contributed by atoms with Crippen molar-refractivity contribution in [3.63, 3.8) is 0 Å². The summed E-state index contributed by atoms with van der Waals surface area (Å²) in [5.41, 5.74) is 5.70. The molecular formula is C21H20N2O. The average molecular weight is 316 g/mol. The SMILES string of the molecule is Cn1ncc2cc(CC34CC(c5ccc(C=O)cc5)(C3)C4)ccc21. The van der Waals surface area contributed by atoms with Gasteiger partial charge in [0.25, 0.3) is 0 Å². The van der Waals surface area contributed by atoms with Crippen LogP contribution >= 0.6 is 0 Å². The van der Waals surface area contributed by atoms with Crippen LogP contribution in [0.2, 0.25) is 0 Å². The monoisotopic (exact) mass is 316 g/mol. The zero-order valence-corrected chi connectivity index (χ0v) is 13.8. The van der Waals surface area contributed by atoms with Gasteiger partial charge in [0.15, 0.2) is 0 Å². The standard InChI is InChI=1S/C21H20N2O/c1-23-19-7-4-16(8-17(19)10-22-23)9-20-12-21(13-20,14-20)18-5-2-15(11-24)3-6-18/h2-8,10-11H,9,12-14H2,1H3. The molecule has 3 aromatic rings. The van der Waals surface area contributed by atoms with Crippen LogP contribution in [-0.2, 0) is 18.9 Å². The van der Waals surface area contributed by atoms with Crippen molar-refractivity contribution >= 4 is 17.2 Å². The maximum absolute atomic E-state index is 10.8. The highest BCUT2D eigenvalue weighted by Gasteiger charge is 2.67. The molecule has 0 amide bonds. The highest BCUT2D eigenvalue weighted by atomic mass is 16.1. The highest BCUT2D eigenvalue weighted by Crippen LogP contribution is 2.74. The summed E-state index contributed by atoms with van der Waals surface area (Å²) < 4.78 is 1.93. The minimum atomic E-state index is 0.389. The Hall–Kier alpha value is -2.42. The summed E-state index contributed by atoms with van der Waals surface area (Å²) in [4.78, 5) is 10.8. The molecule has 0 unspecified atom stereocenters. The van der Waals surface area contributed by atoms with Gasteiger partial charge in [0.1, 0.15) is 6.29 Å². The molecule has 1 heterocycles. The first-order valence-electron chi connectivity index (χ1n) is 8.58. The van der Waals surface area contributed by atoms with E-state index in [-0.39, 0.29) is 0 Å². The summed E-state index contributed by atoms with van der Waals surface area (Å²) >= 11 is 0. The van der Waals surface area contributed by atoms with E-state index in [1.54, 1.807) is 0 Å². The molecule has 0 saturated heterocycles. The third-order valence-corrected chi connectivity index (χ3v) is 6.19. The van der Waals surface area contributed by atoms with Crippen molar-refractivity contribution in [2.45, 2.75) is 31.1 Å². The highest BCUT2D eigenvalue weighted by molar-refractivity contribution is 5.79. The molecule has 3 aliphatic rings. The lowest BCUT2D eigenvalue weighted by Gasteiger charge is -2.71. The number of rotatable bonds is 4. The maximum atomic E-state index is 10.8. The van der Waals surface area contributed by atoms with Crippen LogP contribution in [0.3, 0.4) is 0 Å². The van der Waals surface area contributed by atoms with Gasteiger partial charge >= 0.3 is 0 Å². The number of carbonyl (C=O) groups excluding carboxylic acids is 1. The molecule has 0 atom stereocenters. The van der Waals surface area contributed by atoms with E-state index in [1.165, 1.54) is 47.7 Å². The summed E-state index contributed by atoms with van der Waals surface area (Å²) in [6.07, 6.45) is 7.90. The van der Waals surface area contributed by atoms with Gasteiger partial charge in [-0.2, -0.15) is 5.10 Å². The molecule has 2 bridgehead atoms. The van der Waals surface area contributed by atoms with Crippen LogP contribution in [0.5, 0.6) is 0 Å². The Labute approximate surface area is 141 Å². The number of aldehydes is 1. The lowest BCUT2D eigenvalue weighted by molar-refractivity contribution is -0.140. The molecule has 3 aliphatic carbocycles. The number of fused-ring (bicyclic) bond motifs is 1. The molecule has 0 radical (unpaired) electrons. The van der Waals surface area contributed by atoms with Crippen molar-refractivity contribution in [1.29, 1.82) is 0 Å². The molecule has 24 heavy (non-hydrogen) atoms. The smallest absolute Gasteiger partial charge is 0.150 e. The van der Waals surface area contributed by atoms with Crippen LogP contribution < -0.4 is 0 Å². The van der Waals surface area contributed by atoms with E-state index in [0.29, 0.717) is 10.8 Å². The Bertz CT molecular complexity index is 932. The van der Waals surface area contributed by atoms with Crippen LogP contribution in [0.4, 0.5) is 0 Å². The molecule has 2 aromatic carbocycles. The first-order chi connectivity index (χ1) is 11.6. The predicted octanol–water partition coefficient (Wildman–Crippen LogP) is 4.05. The molecule has 120 valence electrons. The maximum Gasteiger partial charge on any atom is 0.150 e. The van der Waals surface area contributed by atoms with Gasteiger partial charge in [-0.15, -0.1) is 0 Å². The summed E-state index contributed by atoms with van der Waals surface area (Å²) in [5.74, 6) is 0. The molecule has 3 nitrogen and oxygen atoms in total. The molecular weight excluding hydrogens is 296 g/mol. The third kappa shape index (κ3) is 1.84. The largest absolute Gasteiger partial charge is 0.298 e. The number of nitrogens with zero attached hydrogens (tertiary/aromatic N) is 2. The van der Waals surface area contributed by atoms with E-state index in [4.69, 9.17) is 0 Å². The van der Waals surface area contributed by atoms with Crippen molar-refractivity contribution in [3.8, 4) is 0 Å². The van der Waals surface area contributed by atoms with Gasteiger partial charge in [0.2, 0.25) is 0 Å². The Morgan fingerprint density at radius 2 is 1.88 bits per heavy atom. The lowest BCUT2D eigenvalue weighted by Crippen LogP contribution is -2.65. The summed E-state index contributed by atoms with van der Waals surface area (Å²) in [6.45, 7) is 0. The molecule has 0 N–H and O–H groups in total. The summed E-state index contributed by atoms with van der Waals surface area (Å²) in [7, 11) is 1.99. The van der Waals surface area contributed by atoms with Gasteiger partial charge in [-0.05, 0) is 59.8 Å². The van der Waals surface area contributed by atoms with E-state index in [1.807, 2.05) is 30.1 Å². The number of carbonyl (C=O) groups is 1. The Balaban J connectivity index is 1.33. The third-order valence-electron chi connectivity index (χ3n) is 6.19. The number of aryl methyl sites for hydroxylation is 1.